The standard InChI is InChI=1S/C20H20F2N2O4/c1-27-16-9-6-14(12-17(16)28-20(21)22)18(25)23-15-7-4-13(5-8-15)19(26)24-10-2-3-11-24/h4-9,12,20H,2-3,10-11H2,1H3,(H,23,25). The molecule has 8 heteroatoms. The van der Waals surface area contributed by atoms with E-state index in [1.807, 2.05) is 0 Å². The van der Waals surface area contributed by atoms with Gasteiger partial charge in [0.2, 0.25) is 0 Å². The zero-order valence-corrected chi connectivity index (χ0v) is 15.3. The average Bonchev–Trinajstić information content (AvgIpc) is 3.22. The van der Waals surface area contributed by atoms with Crippen LogP contribution in [0.25, 0.3) is 0 Å². The van der Waals surface area contributed by atoms with E-state index < -0.39 is 12.5 Å². The van der Waals surface area contributed by atoms with Crippen molar-refractivity contribution in [3.8, 4) is 11.5 Å². The van der Waals surface area contributed by atoms with Crippen molar-refractivity contribution in [3.05, 3.63) is 53.6 Å². The molecule has 0 aliphatic carbocycles. The first-order chi connectivity index (χ1) is 13.5. The predicted octanol–water partition coefficient (Wildman–Crippen LogP) is 3.78. The van der Waals surface area contributed by atoms with Crippen LogP contribution in [0.2, 0.25) is 0 Å². The molecule has 28 heavy (non-hydrogen) atoms. The Morgan fingerprint density at radius 2 is 1.64 bits per heavy atom. The maximum atomic E-state index is 12.5. The Kier molecular flexibility index (Phi) is 6.08. The van der Waals surface area contributed by atoms with Crippen LogP contribution < -0.4 is 14.8 Å². The smallest absolute Gasteiger partial charge is 0.387 e. The van der Waals surface area contributed by atoms with Crippen LogP contribution in [-0.2, 0) is 0 Å². The molecule has 2 aromatic carbocycles. The molecule has 3 rings (SSSR count). The Morgan fingerprint density at radius 1 is 1.00 bits per heavy atom. The number of rotatable bonds is 6. The van der Waals surface area contributed by atoms with Gasteiger partial charge in [0.25, 0.3) is 11.8 Å². The van der Waals surface area contributed by atoms with E-state index in [1.165, 1.54) is 25.3 Å². The summed E-state index contributed by atoms with van der Waals surface area (Å²) in [6.45, 7) is -1.51. The summed E-state index contributed by atoms with van der Waals surface area (Å²) in [4.78, 5) is 26.6. The van der Waals surface area contributed by atoms with Gasteiger partial charge in [-0.2, -0.15) is 8.78 Å². The lowest BCUT2D eigenvalue weighted by Crippen LogP contribution is -2.27. The average molecular weight is 390 g/mol. The minimum atomic E-state index is -3.03. The molecule has 148 valence electrons. The van der Waals surface area contributed by atoms with Gasteiger partial charge in [0.05, 0.1) is 7.11 Å². The lowest BCUT2D eigenvalue weighted by atomic mass is 10.1. The third-order valence-corrected chi connectivity index (χ3v) is 4.42. The molecule has 2 aromatic rings. The molecule has 1 saturated heterocycles. The van der Waals surface area contributed by atoms with Gasteiger partial charge in [0.1, 0.15) is 0 Å². The van der Waals surface area contributed by atoms with Crippen molar-refractivity contribution in [2.75, 3.05) is 25.5 Å². The molecule has 0 saturated carbocycles. The third kappa shape index (κ3) is 4.57. The van der Waals surface area contributed by atoms with Gasteiger partial charge in [-0.15, -0.1) is 0 Å². The molecule has 1 heterocycles. The first kappa shape index (κ1) is 19.6. The number of hydrogen-bond acceptors (Lipinski definition) is 4. The molecule has 1 fully saturated rings. The number of nitrogens with one attached hydrogen (secondary N) is 1. The summed E-state index contributed by atoms with van der Waals surface area (Å²) >= 11 is 0. The lowest BCUT2D eigenvalue weighted by molar-refractivity contribution is -0.0512. The van der Waals surface area contributed by atoms with Gasteiger partial charge in [-0.05, 0) is 55.3 Å². The Morgan fingerprint density at radius 3 is 2.25 bits per heavy atom. The summed E-state index contributed by atoms with van der Waals surface area (Å²) in [5.74, 6) is -0.655. The zero-order chi connectivity index (χ0) is 20.1. The summed E-state index contributed by atoms with van der Waals surface area (Å²) in [6, 6.07) is 10.6. The van der Waals surface area contributed by atoms with Gasteiger partial charge in [-0.25, -0.2) is 0 Å². The number of benzene rings is 2. The monoisotopic (exact) mass is 390 g/mol. The Hall–Kier alpha value is -3.16. The molecule has 0 aromatic heterocycles. The van der Waals surface area contributed by atoms with E-state index in [-0.39, 0.29) is 23.0 Å². The van der Waals surface area contributed by atoms with Gasteiger partial charge < -0.3 is 19.7 Å². The molecule has 2 amide bonds. The summed E-state index contributed by atoms with van der Waals surface area (Å²) in [7, 11) is 1.32. The highest BCUT2D eigenvalue weighted by Crippen LogP contribution is 2.29. The van der Waals surface area contributed by atoms with Crippen LogP contribution in [0.5, 0.6) is 11.5 Å². The van der Waals surface area contributed by atoms with Crippen molar-refractivity contribution in [1.82, 2.24) is 4.90 Å². The molecular formula is C20H20F2N2O4. The van der Waals surface area contributed by atoms with E-state index in [4.69, 9.17) is 4.74 Å². The first-order valence-electron chi connectivity index (χ1n) is 8.81. The molecule has 6 nitrogen and oxygen atoms in total. The molecular weight excluding hydrogens is 370 g/mol. The van der Waals surface area contributed by atoms with E-state index in [1.54, 1.807) is 29.2 Å². The fourth-order valence-corrected chi connectivity index (χ4v) is 3.01. The molecule has 0 spiro atoms. The molecule has 0 atom stereocenters. The fourth-order valence-electron chi connectivity index (χ4n) is 3.01. The van der Waals surface area contributed by atoms with Crippen molar-refractivity contribution in [2.45, 2.75) is 19.5 Å². The minimum Gasteiger partial charge on any atom is -0.493 e. The summed E-state index contributed by atoms with van der Waals surface area (Å²) in [5.41, 5.74) is 1.17. The summed E-state index contributed by atoms with van der Waals surface area (Å²) in [6.07, 6.45) is 2.03. The molecule has 0 bridgehead atoms. The van der Waals surface area contributed by atoms with Crippen LogP contribution in [-0.4, -0.2) is 43.5 Å². The van der Waals surface area contributed by atoms with Crippen molar-refractivity contribution in [1.29, 1.82) is 0 Å². The largest absolute Gasteiger partial charge is 0.493 e. The highest BCUT2D eigenvalue weighted by Gasteiger charge is 2.19. The second kappa shape index (κ2) is 8.69. The van der Waals surface area contributed by atoms with Crippen LogP contribution in [0.3, 0.4) is 0 Å². The van der Waals surface area contributed by atoms with E-state index >= 15 is 0 Å². The number of likely N-dealkylation sites (tertiary alicyclic amines) is 1. The van der Waals surface area contributed by atoms with Gasteiger partial charge in [0, 0.05) is 29.9 Å². The highest BCUT2D eigenvalue weighted by atomic mass is 19.3. The first-order valence-corrected chi connectivity index (χ1v) is 8.81. The summed E-state index contributed by atoms with van der Waals surface area (Å²) < 4.78 is 34.4. The maximum Gasteiger partial charge on any atom is 0.387 e. The number of ether oxygens (including phenoxy) is 2. The third-order valence-electron chi connectivity index (χ3n) is 4.42. The molecule has 1 N–H and O–H groups in total. The van der Waals surface area contributed by atoms with E-state index in [2.05, 4.69) is 10.1 Å². The molecule has 1 aliphatic rings. The van der Waals surface area contributed by atoms with Crippen molar-refractivity contribution >= 4 is 17.5 Å². The van der Waals surface area contributed by atoms with Gasteiger partial charge in [-0.1, -0.05) is 0 Å². The molecule has 1 aliphatic heterocycles. The van der Waals surface area contributed by atoms with Crippen molar-refractivity contribution < 1.29 is 27.8 Å². The van der Waals surface area contributed by atoms with Crippen LogP contribution in [0, 0.1) is 0 Å². The maximum absolute atomic E-state index is 12.5. The second-order valence-corrected chi connectivity index (χ2v) is 6.27. The Labute approximate surface area is 161 Å². The van der Waals surface area contributed by atoms with E-state index in [0.717, 1.165) is 25.9 Å². The van der Waals surface area contributed by atoms with Crippen molar-refractivity contribution in [3.63, 3.8) is 0 Å². The van der Waals surface area contributed by atoms with Crippen LogP contribution >= 0.6 is 0 Å². The number of carbonyl (C=O) groups is 2. The van der Waals surface area contributed by atoms with Gasteiger partial charge in [-0.3, -0.25) is 9.59 Å². The number of halogens is 2. The Balaban J connectivity index is 1.69. The highest BCUT2D eigenvalue weighted by molar-refractivity contribution is 6.05. The second-order valence-electron chi connectivity index (χ2n) is 6.27. The molecule has 0 unspecified atom stereocenters. The topological polar surface area (TPSA) is 67.9 Å². The number of anilines is 1. The Bertz CT molecular complexity index is 850. The predicted molar refractivity (Wildman–Crippen MR) is 99.2 cm³/mol. The van der Waals surface area contributed by atoms with Crippen LogP contribution in [0.1, 0.15) is 33.6 Å². The van der Waals surface area contributed by atoms with Gasteiger partial charge >= 0.3 is 6.61 Å². The number of hydrogen-bond donors (Lipinski definition) is 1. The lowest BCUT2D eigenvalue weighted by Gasteiger charge is -2.15. The quantitative estimate of drug-likeness (QED) is 0.815. The number of methoxy groups -OCH3 is 1. The normalized spacial score (nSPS) is 13.5. The number of nitrogens with zero attached hydrogens (tertiary/aromatic N) is 1. The number of amides is 2. The van der Waals surface area contributed by atoms with Crippen molar-refractivity contribution in [2.24, 2.45) is 0 Å². The number of alkyl halides is 2. The number of carbonyl (C=O) groups excluding carboxylic acids is 2. The van der Waals surface area contributed by atoms with E-state index in [9.17, 15) is 18.4 Å². The summed E-state index contributed by atoms with van der Waals surface area (Å²) in [5, 5.41) is 2.66. The van der Waals surface area contributed by atoms with Crippen LogP contribution in [0.15, 0.2) is 42.5 Å². The molecule has 0 radical (unpaired) electrons. The minimum absolute atomic E-state index is 0.0284. The zero-order valence-electron chi connectivity index (χ0n) is 15.3. The van der Waals surface area contributed by atoms with Crippen LogP contribution in [0.4, 0.5) is 14.5 Å². The fraction of sp³-hybridized carbons (Fsp3) is 0.300. The van der Waals surface area contributed by atoms with E-state index in [0.29, 0.717) is 11.3 Å². The SMILES string of the molecule is COc1ccc(C(=O)Nc2ccc(C(=O)N3CCCC3)cc2)cc1OC(F)F. The van der Waals surface area contributed by atoms with Gasteiger partial charge in [0.15, 0.2) is 11.5 Å².